The van der Waals surface area contributed by atoms with E-state index in [1.54, 1.807) is 6.20 Å². The van der Waals surface area contributed by atoms with Crippen molar-refractivity contribution in [3.63, 3.8) is 0 Å². The number of hydrogen-bond acceptors (Lipinski definition) is 2. The number of ketones is 1. The Bertz CT molecular complexity index is 526. The van der Waals surface area contributed by atoms with Gasteiger partial charge in [-0.2, -0.15) is 0 Å². The molecule has 1 aromatic heterocycles. The molecule has 18 heavy (non-hydrogen) atoms. The van der Waals surface area contributed by atoms with Crippen molar-refractivity contribution < 1.29 is 4.79 Å². The Labute approximate surface area is 108 Å². The van der Waals surface area contributed by atoms with Gasteiger partial charge in [0.25, 0.3) is 0 Å². The maximum absolute atomic E-state index is 12.1. The van der Waals surface area contributed by atoms with Gasteiger partial charge in [0.05, 0.1) is 0 Å². The van der Waals surface area contributed by atoms with Gasteiger partial charge in [-0.1, -0.05) is 23.3 Å². The molecule has 2 nitrogen and oxygen atoms in total. The summed E-state index contributed by atoms with van der Waals surface area (Å²) in [5.41, 5.74) is 4.05. The molecule has 0 fully saturated rings. The van der Waals surface area contributed by atoms with E-state index in [0.717, 1.165) is 22.4 Å². The summed E-state index contributed by atoms with van der Waals surface area (Å²) in [4.78, 5) is 16.3. The molecule has 0 aliphatic heterocycles. The van der Waals surface area contributed by atoms with Gasteiger partial charge in [-0.25, -0.2) is 0 Å². The van der Waals surface area contributed by atoms with Crippen molar-refractivity contribution in [2.75, 3.05) is 0 Å². The quantitative estimate of drug-likeness (QED) is 0.764. The Morgan fingerprint density at radius 2 is 1.83 bits per heavy atom. The fourth-order valence-corrected chi connectivity index (χ4v) is 2.07. The first-order valence-electron chi connectivity index (χ1n) is 6.16. The van der Waals surface area contributed by atoms with E-state index in [2.05, 4.69) is 11.1 Å². The van der Waals surface area contributed by atoms with Crippen molar-refractivity contribution in [3.8, 4) is 0 Å². The van der Waals surface area contributed by atoms with Crippen LogP contribution in [-0.4, -0.2) is 10.8 Å². The largest absolute Gasteiger partial charge is 0.294 e. The van der Waals surface area contributed by atoms with Gasteiger partial charge in [0.1, 0.15) is 0 Å². The average molecular weight is 239 g/mol. The fourth-order valence-electron chi connectivity index (χ4n) is 2.07. The van der Waals surface area contributed by atoms with Crippen LogP contribution in [0.3, 0.4) is 0 Å². The third-order valence-electron chi connectivity index (χ3n) is 2.88. The van der Waals surface area contributed by atoms with E-state index in [4.69, 9.17) is 0 Å². The number of aryl methyl sites for hydroxylation is 3. The molecule has 0 spiro atoms. The van der Waals surface area contributed by atoms with Crippen LogP contribution >= 0.6 is 0 Å². The second-order valence-corrected chi connectivity index (χ2v) is 4.62. The lowest BCUT2D eigenvalue weighted by Gasteiger charge is -2.04. The molecule has 0 atom stereocenters. The van der Waals surface area contributed by atoms with E-state index < -0.39 is 0 Å². The van der Waals surface area contributed by atoms with Gasteiger partial charge in [0, 0.05) is 23.9 Å². The number of benzene rings is 1. The Morgan fingerprint density at radius 3 is 2.44 bits per heavy atom. The van der Waals surface area contributed by atoms with Crippen molar-refractivity contribution in [1.82, 2.24) is 4.98 Å². The Morgan fingerprint density at radius 1 is 1.11 bits per heavy atom. The first kappa shape index (κ1) is 12.5. The van der Waals surface area contributed by atoms with Gasteiger partial charge in [0.15, 0.2) is 5.78 Å². The molecular weight excluding hydrogens is 222 g/mol. The lowest BCUT2D eigenvalue weighted by Crippen LogP contribution is -2.03. The highest BCUT2D eigenvalue weighted by Gasteiger charge is 2.07. The second kappa shape index (κ2) is 5.58. The first-order valence-corrected chi connectivity index (χ1v) is 6.16. The number of carbonyl (C=O) groups excluding carboxylic acids is 1. The first-order chi connectivity index (χ1) is 8.65. The molecule has 0 unspecified atom stereocenters. The maximum Gasteiger partial charge on any atom is 0.163 e. The van der Waals surface area contributed by atoms with Gasteiger partial charge < -0.3 is 0 Å². The van der Waals surface area contributed by atoms with E-state index in [-0.39, 0.29) is 5.78 Å². The van der Waals surface area contributed by atoms with Gasteiger partial charge in [-0.15, -0.1) is 0 Å². The average Bonchev–Trinajstić information content (AvgIpc) is 2.36. The normalized spacial score (nSPS) is 10.3. The summed E-state index contributed by atoms with van der Waals surface area (Å²) in [6, 6.07) is 11.8. The third kappa shape index (κ3) is 3.27. The van der Waals surface area contributed by atoms with E-state index in [1.165, 1.54) is 0 Å². The summed E-state index contributed by atoms with van der Waals surface area (Å²) >= 11 is 0. The molecule has 0 amide bonds. The minimum absolute atomic E-state index is 0.187. The molecule has 0 bridgehead atoms. The van der Waals surface area contributed by atoms with Crippen LogP contribution in [0.5, 0.6) is 0 Å². The lowest BCUT2D eigenvalue weighted by molar-refractivity contribution is 0.0982. The molecule has 0 aliphatic carbocycles. The van der Waals surface area contributed by atoms with Crippen LogP contribution in [0.25, 0.3) is 0 Å². The van der Waals surface area contributed by atoms with Crippen LogP contribution in [0.4, 0.5) is 0 Å². The zero-order valence-electron chi connectivity index (χ0n) is 10.8. The summed E-state index contributed by atoms with van der Waals surface area (Å²) < 4.78 is 0. The summed E-state index contributed by atoms with van der Waals surface area (Å²) in [6.45, 7) is 4.03. The number of pyridine rings is 1. The van der Waals surface area contributed by atoms with Crippen molar-refractivity contribution in [3.05, 3.63) is 65.0 Å². The molecule has 0 saturated carbocycles. The molecule has 2 rings (SSSR count). The smallest absolute Gasteiger partial charge is 0.163 e. The molecule has 0 N–H and O–H groups in total. The Kier molecular flexibility index (Phi) is 3.88. The minimum Gasteiger partial charge on any atom is -0.294 e. The fraction of sp³-hybridized carbons (Fsp3) is 0.250. The van der Waals surface area contributed by atoms with Crippen LogP contribution in [-0.2, 0) is 6.42 Å². The van der Waals surface area contributed by atoms with Gasteiger partial charge in [0.2, 0.25) is 0 Å². The van der Waals surface area contributed by atoms with Crippen LogP contribution in [0.15, 0.2) is 42.6 Å². The minimum atomic E-state index is 0.187. The highest BCUT2D eigenvalue weighted by atomic mass is 16.1. The van der Waals surface area contributed by atoms with Crippen molar-refractivity contribution in [1.29, 1.82) is 0 Å². The van der Waals surface area contributed by atoms with Crippen LogP contribution in [0.2, 0.25) is 0 Å². The standard InChI is InChI=1S/C16H17NO/c1-12-9-13(2)11-14(10-12)16(18)7-6-15-5-3-4-8-17-15/h3-5,8-11H,6-7H2,1-2H3. The summed E-state index contributed by atoms with van der Waals surface area (Å²) in [5.74, 6) is 0.187. The molecule has 1 aromatic carbocycles. The highest BCUT2D eigenvalue weighted by molar-refractivity contribution is 5.96. The van der Waals surface area contributed by atoms with Gasteiger partial charge >= 0.3 is 0 Å². The topological polar surface area (TPSA) is 30.0 Å². The number of Topliss-reactive ketones (excluding diaryl/α,β-unsaturated/α-hetero) is 1. The van der Waals surface area contributed by atoms with E-state index >= 15 is 0 Å². The number of carbonyl (C=O) groups is 1. The molecule has 0 aliphatic rings. The van der Waals surface area contributed by atoms with Crippen LogP contribution < -0.4 is 0 Å². The van der Waals surface area contributed by atoms with E-state index in [0.29, 0.717) is 12.8 Å². The van der Waals surface area contributed by atoms with Crippen LogP contribution in [0.1, 0.15) is 33.6 Å². The highest BCUT2D eigenvalue weighted by Crippen LogP contribution is 2.12. The molecule has 1 heterocycles. The number of rotatable bonds is 4. The third-order valence-corrected chi connectivity index (χ3v) is 2.88. The molecule has 0 saturated heterocycles. The monoisotopic (exact) mass is 239 g/mol. The molecule has 92 valence electrons. The Balaban J connectivity index is 2.04. The maximum atomic E-state index is 12.1. The van der Waals surface area contributed by atoms with Crippen LogP contribution in [0, 0.1) is 13.8 Å². The van der Waals surface area contributed by atoms with Crippen molar-refractivity contribution >= 4 is 5.78 Å². The van der Waals surface area contributed by atoms with Gasteiger partial charge in [-0.3, -0.25) is 9.78 Å². The molecule has 2 aromatic rings. The van der Waals surface area contributed by atoms with Crippen molar-refractivity contribution in [2.45, 2.75) is 26.7 Å². The lowest BCUT2D eigenvalue weighted by atomic mass is 10.0. The van der Waals surface area contributed by atoms with E-state index in [1.807, 2.05) is 44.2 Å². The number of nitrogens with zero attached hydrogens (tertiary/aromatic N) is 1. The predicted octanol–water partition coefficient (Wildman–Crippen LogP) is 3.51. The van der Waals surface area contributed by atoms with Gasteiger partial charge in [-0.05, 0) is 44.5 Å². The molecular formula is C16H17NO. The molecule has 2 heteroatoms. The number of aromatic nitrogens is 1. The SMILES string of the molecule is Cc1cc(C)cc(C(=O)CCc2ccccn2)c1. The number of hydrogen-bond donors (Lipinski definition) is 0. The predicted molar refractivity (Wildman–Crippen MR) is 72.8 cm³/mol. The Hall–Kier alpha value is -1.96. The zero-order valence-corrected chi connectivity index (χ0v) is 10.8. The van der Waals surface area contributed by atoms with Crippen molar-refractivity contribution in [2.24, 2.45) is 0 Å². The van der Waals surface area contributed by atoms with E-state index in [9.17, 15) is 4.79 Å². The summed E-state index contributed by atoms with van der Waals surface area (Å²) in [7, 11) is 0. The summed E-state index contributed by atoms with van der Waals surface area (Å²) in [6.07, 6.45) is 2.98. The molecule has 0 radical (unpaired) electrons. The second-order valence-electron chi connectivity index (χ2n) is 4.62. The zero-order chi connectivity index (χ0) is 13.0. The summed E-state index contributed by atoms with van der Waals surface area (Å²) in [5, 5.41) is 0.